The first-order valence-corrected chi connectivity index (χ1v) is 8.61. The molecule has 2 nitrogen and oxygen atoms in total. The molecule has 0 aromatic heterocycles. The van der Waals surface area contributed by atoms with Gasteiger partial charge in [-0.15, -0.1) is 0 Å². The average molecular weight is 289 g/mol. The molecule has 1 aromatic carbocycles. The van der Waals surface area contributed by atoms with Crippen LogP contribution in [0.1, 0.15) is 76.0 Å². The largest absolute Gasteiger partial charge is 0.377 e. The topological polar surface area (TPSA) is 21.3 Å². The van der Waals surface area contributed by atoms with E-state index in [0.717, 1.165) is 13.2 Å². The summed E-state index contributed by atoms with van der Waals surface area (Å²) in [6.45, 7) is 8.46. The van der Waals surface area contributed by atoms with E-state index in [0.29, 0.717) is 18.1 Å². The Morgan fingerprint density at radius 3 is 2.24 bits per heavy atom. The third-order valence-electron chi connectivity index (χ3n) is 4.56. The zero-order chi connectivity index (χ0) is 15.1. The quantitative estimate of drug-likeness (QED) is 0.727. The van der Waals surface area contributed by atoms with Gasteiger partial charge in [-0.05, 0) is 36.8 Å². The molecule has 0 amide bonds. The first-order chi connectivity index (χ1) is 10.2. The van der Waals surface area contributed by atoms with Crippen LogP contribution in [-0.4, -0.2) is 19.3 Å². The van der Waals surface area contributed by atoms with Gasteiger partial charge in [0.05, 0.1) is 12.7 Å². The van der Waals surface area contributed by atoms with Crippen molar-refractivity contribution in [2.45, 2.75) is 70.9 Å². The molecule has 0 radical (unpaired) electrons. The van der Waals surface area contributed by atoms with Gasteiger partial charge in [-0.25, -0.2) is 0 Å². The number of nitrogens with one attached hydrogen (secondary N) is 1. The van der Waals surface area contributed by atoms with Crippen molar-refractivity contribution < 1.29 is 4.74 Å². The molecule has 0 spiro atoms. The first kappa shape index (κ1) is 16.5. The van der Waals surface area contributed by atoms with E-state index >= 15 is 0 Å². The second-order valence-corrected chi connectivity index (χ2v) is 6.63. The normalized spacial score (nSPS) is 18.1. The third-order valence-corrected chi connectivity index (χ3v) is 4.56. The smallest absolute Gasteiger partial charge is 0.0594 e. The summed E-state index contributed by atoms with van der Waals surface area (Å²) in [5, 5.41) is 3.56. The Hall–Kier alpha value is -0.860. The Bertz CT molecular complexity index is 393. The predicted molar refractivity (Wildman–Crippen MR) is 89.8 cm³/mol. The molecule has 0 heterocycles. The minimum atomic E-state index is 0.390. The average Bonchev–Trinajstić information content (AvgIpc) is 2.52. The second kappa shape index (κ2) is 8.55. The highest BCUT2D eigenvalue weighted by Crippen LogP contribution is 2.20. The third kappa shape index (κ3) is 5.44. The lowest BCUT2D eigenvalue weighted by Crippen LogP contribution is -2.26. The van der Waals surface area contributed by atoms with Crippen LogP contribution in [0.25, 0.3) is 0 Å². The van der Waals surface area contributed by atoms with E-state index < -0.39 is 0 Å². The molecule has 1 saturated carbocycles. The Labute approximate surface area is 130 Å². The van der Waals surface area contributed by atoms with Crippen LogP contribution in [0, 0.1) is 0 Å². The molecule has 0 saturated heterocycles. The van der Waals surface area contributed by atoms with E-state index in [4.69, 9.17) is 4.74 Å². The summed E-state index contributed by atoms with van der Waals surface area (Å²) in [5.74, 6) is 0.603. The Morgan fingerprint density at radius 1 is 1.00 bits per heavy atom. The summed E-state index contributed by atoms with van der Waals surface area (Å²) in [6, 6.07) is 9.37. The molecule has 1 aliphatic carbocycles. The monoisotopic (exact) mass is 289 g/mol. The zero-order valence-electron chi connectivity index (χ0n) is 13.9. The van der Waals surface area contributed by atoms with Crippen LogP contribution in [0.3, 0.4) is 0 Å². The number of benzene rings is 1. The Kier molecular flexibility index (Phi) is 6.72. The first-order valence-electron chi connectivity index (χ1n) is 8.61. The lowest BCUT2D eigenvalue weighted by atomic mass is 9.98. The van der Waals surface area contributed by atoms with Crippen LogP contribution >= 0.6 is 0 Å². The van der Waals surface area contributed by atoms with Crippen molar-refractivity contribution in [3.05, 3.63) is 35.4 Å². The van der Waals surface area contributed by atoms with Crippen molar-refractivity contribution in [2.24, 2.45) is 0 Å². The van der Waals surface area contributed by atoms with Crippen molar-refractivity contribution >= 4 is 0 Å². The highest BCUT2D eigenvalue weighted by molar-refractivity contribution is 5.26. The zero-order valence-corrected chi connectivity index (χ0v) is 13.9. The maximum Gasteiger partial charge on any atom is 0.0594 e. The van der Waals surface area contributed by atoms with Gasteiger partial charge >= 0.3 is 0 Å². The standard InChI is InChI=1S/C19H31NO/c1-15(2)17-9-11-18(12-10-17)16(3)20-13-14-21-19-7-5-4-6-8-19/h9-12,15-16,19-20H,4-8,13-14H2,1-3H3. The minimum absolute atomic E-state index is 0.390. The van der Waals surface area contributed by atoms with E-state index in [1.807, 2.05) is 0 Å². The van der Waals surface area contributed by atoms with Crippen LogP contribution in [0.5, 0.6) is 0 Å². The fourth-order valence-corrected chi connectivity index (χ4v) is 3.02. The van der Waals surface area contributed by atoms with Crippen molar-refractivity contribution in [1.29, 1.82) is 0 Å². The lowest BCUT2D eigenvalue weighted by molar-refractivity contribution is 0.0295. The maximum atomic E-state index is 5.96. The molecule has 2 rings (SSSR count). The summed E-state index contributed by atoms with van der Waals surface area (Å²) in [4.78, 5) is 0. The summed E-state index contributed by atoms with van der Waals surface area (Å²) >= 11 is 0. The molecular formula is C19H31NO. The number of ether oxygens (including phenoxy) is 1. The van der Waals surface area contributed by atoms with E-state index in [1.54, 1.807) is 0 Å². The molecule has 118 valence electrons. The van der Waals surface area contributed by atoms with Gasteiger partial charge in [0.15, 0.2) is 0 Å². The van der Waals surface area contributed by atoms with Gasteiger partial charge in [-0.2, -0.15) is 0 Å². The maximum absolute atomic E-state index is 5.96. The SMILES string of the molecule is CC(C)c1ccc(C(C)NCCOC2CCCCC2)cc1. The lowest BCUT2D eigenvalue weighted by Gasteiger charge is -2.22. The van der Waals surface area contributed by atoms with Crippen molar-refractivity contribution in [2.75, 3.05) is 13.2 Å². The molecular weight excluding hydrogens is 258 g/mol. The van der Waals surface area contributed by atoms with Gasteiger partial charge in [0, 0.05) is 12.6 Å². The molecule has 1 unspecified atom stereocenters. The molecule has 0 bridgehead atoms. The van der Waals surface area contributed by atoms with Gasteiger partial charge in [-0.1, -0.05) is 57.4 Å². The van der Waals surface area contributed by atoms with Crippen LogP contribution in [0.2, 0.25) is 0 Å². The van der Waals surface area contributed by atoms with Crippen LogP contribution < -0.4 is 5.32 Å². The molecule has 1 fully saturated rings. The van der Waals surface area contributed by atoms with E-state index in [2.05, 4.69) is 50.4 Å². The number of hydrogen-bond donors (Lipinski definition) is 1. The molecule has 1 aliphatic rings. The Morgan fingerprint density at radius 2 is 1.62 bits per heavy atom. The predicted octanol–water partition coefficient (Wildman–Crippen LogP) is 4.81. The minimum Gasteiger partial charge on any atom is -0.377 e. The fraction of sp³-hybridized carbons (Fsp3) is 0.684. The summed E-state index contributed by atoms with van der Waals surface area (Å²) in [5.41, 5.74) is 2.77. The van der Waals surface area contributed by atoms with Gasteiger partial charge in [0.1, 0.15) is 0 Å². The van der Waals surface area contributed by atoms with Crippen molar-refractivity contribution in [3.8, 4) is 0 Å². The molecule has 2 heteroatoms. The van der Waals surface area contributed by atoms with Gasteiger partial charge < -0.3 is 10.1 Å². The summed E-state index contributed by atoms with van der Waals surface area (Å²) in [7, 11) is 0. The van der Waals surface area contributed by atoms with Crippen molar-refractivity contribution in [1.82, 2.24) is 5.32 Å². The number of rotatable bonds is 7. The second-order valence-electron chi connectivity index (χ2n) is 6.63. The van der Waals surface area contributed by atoms with Crippen LogP contribution in [0.4, 0.5) is 0 Å². The molecule has 0 aliphatic heterocycles. The Balaban J connectivity index is 1.67. The van der Waals surface area contributed by atoms with E-state index in [1.165, 1.54) is 43.2 Å². The fourth-order valence-electron chi connectivity index (χ4n) is 3.02. The summed E-state index contributed by atoms with van der Waals surface area (Å²) < 4.78 is 5.96. The molecule has 1 N–H and O–H groups in total. The molecule has 21 heavy (non-hydrogen) atoms. The van der Waals surface area contributed by atoms with Crippen LogP contribution in [0.15, 0.2) is 24.3 Å². The van der Waals surface area contributed by atoms with E-state index in [-0.39, 0.29) is 0 Å². The number of hydrogen-bond acceptors (Lipinski definition) is 2. The highest BCUT2D eigenvalue weighted by Gasteiger charge is 2.13. The van der Waals surface area contributed by atoms with Gasteiger partial charge in [-0.3, -0.25) is 0 Å². The van der Waals surface area contributed by atoms with Crippen molar-refractivity contribution in [3.63, 3.8) is 0 Å². The molecule has 1 aromatic rings. The highest BCUT2D eigenvalue weighted by atomic mass is 16.5. The van der Waals surface area contributed by atoms with Gasteiger partial charge in [0.25, 0.3) is 0 Å². The molecule has 1 atom stereocenters. The van der Waals surface area contributed by atoms with E-state index in [9.17, 15) is 0 Å². The summed E-state index contributed by atoms with van der Waals surface area (Å²) in [6.07, 6.45) is 7.11. The van der Waals surface area contributed by atoms with Crippen LogP contribution in [-0.2, 0) is 4.74 Å². The van der Waals surface area contributed by atoms with Gasteiger partial charge in [0.2, 0.25) is 0 Å².